The molecule has 2 aromatic rings. The van der Waals surface area contributed by atoms with Gasteiger partial charge in [0.05, 0.1) is 11.0 Å². The zero-order chi connectivity index (χ0) is 27.3. The molecule has 0 unspecified atom stereocenters. The largest absolute Gasteiger partial charge is 0.487 e. The van der Waals surface area contributed by atoms with E-state index in [4.69, 9.17) is 14.2 Å². The molecule has 5 heteroatoms. The molecule has 0 bridgehead atoms. The molecule has 0 aliphatic carbocycles. The lowest BCUT2D eigenvalue weighted by molar-refractivity contribution is -0.143. The van der Waals surface area contributed by atoms with Gasteiger partial charge < -0.3 is 14.2 Å². The molecule has 0 fully saturated rings. The third-order valence-electron chi connectivity index (χ3n) is 4.79. The quantitative estimate of drug-likeness (QED) is 0.125. The Hall–Kier alpha value is -3.34. The van der Waals surface area contributed by atoms with E-state index in [1.54, 1.807) is 51.1 Å². The van der Waals surface area contributed by atoms with Crippen molar-refractivity contribution in [3.63, 3.8) is 0 Å². The summed E-state index contributed by atoms with van der Waals surface area (Å²) in [5, 5.41) is 0. The summed E-state index contributed by atoms with van der Waals surface area (Å²) in [7, 11) is 0. The lowest BCUT2D eigenvalue weighted by Gasteiger charge is -2.28. The second-order valence-electron chi connectivity index (χ2n) is 11.7. The topological polar surface area (TPSA) is 61.8 Å². The molecule has 0 saturated carbocycles. The summed E-state index contributed by atoms with van der Waals surface area (Å²) < 4.78 is 18.0. The van der Waals surface area contributed by atoms with Crippen molar-refractivity contribution in [2.24, 2.45) is 5.41 Å². The fraction of sp³-hybridized carbons (Fsp3) is 0.419. The van der Waals surface area contributed by atoms with Crippen LogP contribution in [0, 0.1) is 5.41 Å². The van der Waals surface area contributed by atoms with E-state index in [9.17, 15) is 9.59 Å². The fourth-order valence-electron chi connectivity index (χ4n) is 3.15. The standard InChI is InChI=1S/C31H40O5/c1-11-12-22-15-20-26(35-30(5,6)7)24(27(22)36-31(8,9)10)18-19-25(32)21-13-16-23(17-14-21)34-28(33)29(2,3)4/h11,13-20H,1,12H2,2-10H3/b19-18+. The Bertz CT molecular complexity index is 1120. The van der Waals surface area contributed by atoms with E-state index in [2.05, 4.69) is 6.58 Å². The Morgan fingerprint density at radius 2 is 1.42 bits per heavy atom. The van der Waals surface area contributed by atoms with Crippen LogP contribution in [-0.4, -0.2) is 23.0 Å². The molecule has 0 atom stereocenters. The third kappa shape index (κ3) is 8.71. The van der Waals surface area contributed by atoms with Gasteiger partial charge in [-0.1, -0.05) is 12.1 Å². The first-order chi connectivity index (χ1) is 16.5. The first kappa shape index (κ1) is 28.9. The van der Waals surface area contributed by atoms with Gasteiger partial charge in [-0.15, -0.1) is 6.58 Å². The highest BCUT2D eigenvalue weighted by Gasteiger charge is 2.24. The second-order valence-corrected chi connectivity index (χ2v) is 11.7. The Morgan fingerprint density at radius 1 is 0.833 bits per heavy atom. The lowest BCUT2D eigenvalue weighted by Crippen LogP contribution is -2.26. The van der Waals surface area contributed by atoms with Gasteiger partial charge in [0.15, 0.2) is 5.78 Å². The summed E-state index contributed by atoms with van der Waals surface area (Å²) in [6, 6.07) is 10.4. The van der Waals surface area contributed by atoms with Gasteiger partial charge in [0, 0.05) is 5.56 Å². The van der Waals surface area contributed by atoms with Crippen LogP contribution in [0.4, 0.5) is 0 Å². The van der Waals surface area contributed by atoms with Crippen LogP contribution in [0.3, 0.4) is 0 Å². The van der Waals surface area contributed by atoms with Gasteiger partial charge in [-0.3, -0.25) is 9.59 Å². The molecule has 2 aromatic carbocycles. The molecule has 0 aromatic heterocycles. The van der Waals surface area contributed by atoms with Crippen LogP contribution in [0.5, 0.6) is 17.2 Å². The maximum atomic E-state index is 13.0. The summed E-state index contributed by atoms with van der Waals surface area (Å²) >= 11 is 0. The number of allylic oxidation sites excluding steroid dienone is 2. The summed E-state index contributed by atoms with van der Waals surface area (Å²) in [5.41, 5.74) is 0.619. The highest BCUT2D eigenvalue weighted by molar-refractivity contribution is 6.07. The fourth-order valence-corrected chi connectivity index (χ4v) is 3.15. The van der Waals surface area contributed by atoms with Crippen LogP contribution >= 0.6 is 0 Å². The van der Waals surface area contributed by atoms with E-state index in [0.29, 0.717) is 34.8 Å². The number of carbonyl (C=O) groups excluding carboxylic acids is 2. The number of hydrogen-bond donors (Lipinski definition) is 0. The number of rotatable bonds is 8. The van der Waals surface area contributed by atoms with Gasteiger partial charge in [0.1, 0.15) is 28.5 Å². The van der Waals surface area contributed by atoms with Crippen LogP contribution in [0.25, 0.3) is 6.08 Å². The smallest absolute Gasteiger partial charge is 0.316 e. The van der Waals surface area contributed by atoms with Crippen LogP contribution < -0.4 is 14.2 Å². The minimum atomic E-state index is -0.614. The molecule has 36 heavy (non-hydrogen) atoms. The van der Waals surface area contributed by atoms with Crippen molar-refractivity contribution in [1.82, 2.24) is 0 Å². The molecule has 2 rings (SSSR count). The van der Waals surface area contributed by atoms with E-state index in [1.807, 2.05) is 59.8 Å². The summed E-state index contributed by atoms with van der Waals surface area (Å²) in [6.45, 7) is 21.1. The van der Waals surface area contributed by atoms with Crippen LogP contribution in [0.15, 0.2) is 55.1 Å². The number of ketones is 1. The maximum absolute atomic E-state index is 13.0. The molecule has 0 radical (unpaired) electrons. The van der Waals surface area contributed by atoms with E-state index >= 15 is 0 Å². The Morgan fingerprint density at radius 3 is 1.92 bits per heavy atom. The van der Waals surface area contributed by atoms with Crippen molar-refractivity contribution >= 4 is 17.8 Å². The molecule has 0 saturated heterocycles. The van der Waals surface area contributed by atoms with Gasteiger partial charge in [-0.05, 0) is 117 Å². The van der Waals surface area contributed by atoms with Gasteiger partial charge >= 0.3 is 5.97 Å². The van der Waals surface area contributed by atoms with Gasteiger partial charge in [0.2, 0.25) is 0 Å². The normalized spacial score (nSPS) is 12.4. The molecule has 0 aliphatic heterocycles. The van der Waals surface area contributed by atoms with Gasteiger partial charge in [-0.25, -0.2) is 0 Å². The summed E-state index contributed by atoms with van der Waals surface area (Å²) in [5.74, 6) is 1.16. The van der Waals surface area contributed by atoms with Crippen molar-refractivity contribution in [2.75, 3.05) is 0 Å². The van der Waals surface area contributed by atoms with Crippen LogP contribution in [0.2, 0.25) is 0 Å². The van der Waals surface area contributed by atoms with E-state index in [1.165, 1.54) is 6.08 Å². The molecule has 0 aliphatic rings. The average molecular weight is 493 g/mol. The van der Waals surface area contributed by atoms with Crippen molar-refractivity contribution < 1.29 is 23.8 Å². The molecule has 194 valence electrons. The monoisotopic (exact) mass is 492 g/mol. The van der Waals surface area contributed by atoms with E-state index in [0.717, 1.165) is 5.56 Å². The minimum absolute atomic E-state index is 0.193. The zero-order valence-corrected chi connectivity index (χ0v) is 23.2. The zero-order valence-electron chi connectivity index (χ0n) is 23.2. The number of hydrogen-bond acceptors (Lipinski definition) is 5. The molecule has 0 N–H and O–H groups in total. The molecule has 5 nitrogen and oxygen atoms in total. The first-order valence-electron chi connectivity index (χ1n) is 12.2. The summed E-state index contributed by atoms with van der Waals surface area (Å²) in [6.07, 6.45) is 5.69. The molecule has 0 spiro atoms. The SMILES string of the molecule is C=CCc1ccc(OC(C)(C)C)c(/C=C/C(=O)c2ccc(OC(=O)C(C)(C)C)cc2)c1OC(C)(C)C. The minimum Gasteiger partial charge on any atom is -0.487 e. The average Bonchev–Trinajstić information content (AvgIpc) is 2.73. The van der Waals surface area contributed by atoms with Gasteiger partial charge in [-0.2, -0.15) is 0 Å². The van der Waals surface area contributed by atoms with E-state index < -0.39 is 16.6 Å². The van der Waals surface area contributed by atoms with Crippen molar-refractivity contribution in [3.8, 4) is 17.2 Å². The third-order valence-corrected chi connectivity index (χ3v) is 4.79. The Labute approximate surface area is 216 Å². The first-order valence-corrected chi connectivity index (χ1v) is 12.2. The Balaban J connectivity index is 2.44. The van der Waals surface area contributed by atoms with Crippen LogP contribution in [-0.2, 0) is 11.2 Å². The van der Waals surface area contributed by atoms with Crippen LogP contribution in [0.1, 0.15) is 83.8 Å². The van der Waals surface area contributed by atoms with Crippen molar-refractivity contribution in [2.45, 2.75) is 79.9 Å². The lowest BCUT2D eigenvalue weighted by atomic mass is 9.97. The van der Waals surface area contributed by atoms with Crippen molar-refractivity contribution in [1.29, 1.82) is 0 Å². The molecular formula is C31H40O5. The Kier molecular flexibility index (Phi) is 8.95. The summed E-state index contributed by atoms with van der Waals surface area (Å²) in [4.78, 5) is 25.1. The molecule has 0 heterocycles. The highest BCUT2D eigenvalue weighted by Crippen LogP contribution is 2.38. The number of carbonyl (C=O) groups is 2. The van der Waals surface area contributed by atoms with Crippen molar-refractivity contribution in [3.05, 3.63) is 71.8 Å². The number of esters is 1. The van der Waals surface area contributed by atoms with Gasteiger partial charge in [0.25, 0.3) is 0 Å². The second kappa shape index (κ2) is 11.2. The molecule has 0 amide bonds. The maximum Gasteiger partial charge on any atom is 0.316 e. The molecular weight excluding hydrogens is 452 g/mol. The highest BCUT2D eigenvalue weighted by atomic mass is 16.5. The number of ether oxygens (including phenoxy) is 3. The predicted molar refractivity (Wildman–Crippen MR) is 146 cm³/mol. The van der Waals surface area contributed by atoms with E-state index in [-0.39, 0.29) is 11.8 Å². The predicted octanol–water partition coefficient (Wildman–Crippen LogP) is 7.62. The number of benzene rings is 2.